The molecule has 144 valence electrons. The summed E-state index contributed by atoms with van der Waals surface area (Å²) in [5.74, 6) is 1.87. The van der Waals surface area contributed by atoms with Crippen LogP contribution >= 0.6 is 0 Å². The van der Waals surface area contributed by atoms with Crippen LogP contribution in [-0.4, -0.2) is 25.2 Å². The normalized spacial score (nSPS) is 13.5. The standard InChI is InChI=1S/C24H27N3O/c1-28-23-11-7-9-21(17-23)19-27(24-12-2-3-13-25-24)18-20-8-6-10-22(16-20)26-14-4-5-15-26/h2-3,6-13,16-17H,4-5,14-15,18-19H2,1H3. The minimum Gasteiger partial charge on any atom is -0.497 e. The lowest BCUT2D eigenvalue weighted by molar-refractivity contribution is 0.414. The van der Waals surface area contributed by atoms with Crippen molar-refractivity contribution in [3.63, 3.8) is 0 Å². The van der Waals surface area contributed by atoms with Crippen LogP contribution in [0.25, 0.3) is 0 Å². The Bertz CT molecular complexity index is 891. The molecule has 1 aliphatic heterocycles. The van der Waals surface area contributed by atoms with Gasteiger partial charge in [0.1, 0.15) is 11.6 Å². The monoisotopic (exact) mass is 373 g/mol. The van der Waals surface area contributed by atoms with Gasteiger partial charge in [-0.1, -0.05) is 30.3 Å². The first-order valence-corrected chi connectivity index (χ1v) is 9.94. The summed E-state index contributed by atoms with van der Waals surface area (Å²) in [5, 5.41) is 0. The number of benzene rings is 2. The maximum atomic E-state index is 5.39. The van der Waals surface area contributed by atoms with Crippen molar-refractivity contribution in [2.45, 2.75) is 25.9 Å². The van der Waals surface area contributed by atoms with Crippen LogP contribution in [0.1, 0.15) is 24.0 Å². The van der Waals surface area contributed by atoms with E-state index >= 15 is 0 Å². The fourth-order valence-electron chi connectivity index (χ4n) is 3.80. The first-order chi connectivity index (χ1) is 13.8. The van der Waals surface area contributed by atoms with Crippen molar-refractivity contribution >= 4 is 11.5 Å². The quantitative estimate of drug-likeness (QED) is 0.589. The van der Waals surface area contributed by atoms with Gasteiger partial charge < -0.3 is 14.5 Å². The van der Waals surface area contributed by atoms with E-state index in [1.165, 1.54) is 29.7 Å². The summed E-state index contributed by atoms with van der Waals surface area (Å²) in [6, 6.07) is 23.3. The summed E-state index contributed by atoms with van der Waals surface area (Å²) in [6.07, 6.45) is 4.44. The van der Waals surface area contributed by atoms with Crippen LogP contribution in [0.15, 0.2) is 72.9 Å². The number of rotatable bonds is 7. The Hall–Kier alpha value is -3.01. The first-order valence-electron chi connectivity index (χ1n) is 9.94. The first kappa shape index (κ1) is 18.4. The molecular formula is C24H27N3O. The van der Waals surface area contributed by atoms with E-state index in [-0.39, 0.29) is 0 Å². The average Bonchev–Trinajstić information content (AvgIpc) is 3.29. The van der Waals surface area contributed by atoms with Crippen molar-refractivity contribution in [2.24, 2.45) is 0 Å². The predicted molar refractivity (Wildman–Crippen MR) is 115 cm³/mol. The molecule has 1 aliphatic rings. The molecule has 0 bridgehead atoms. The molecule has 1 saturated heterocycles. The van der Waals surface area contributed by atoms with E-state index in [0.717, 1.165) is 37.7 Å². The molecule has 0 spiro atoms. The molecule has 0 unspecified atom stereocenters. The summed E-state index contributed by atoms with van der Waals surface area (Å²) < 4.78 is 5.39. The van der Waals surface area contributed by atoms with E-state index in [9.17, 15) is 0 Å². The number of hydrogen-bond acceptors (Lipinski definition) is 4. The number of hydrogen-bond donors (Lipinski definition) is 0. The Morgan fingerprint density at radius 1 is 0.893 bits per heavy atom. The smallest absolute Gasteiger partial charge is 0.129 e. The third-order valence-corrected chi connectivity index (χ3v) is 5.24. The Morgan fingerprint density at radius 2 is 1.64 bits per heavy atom. The highest BCUT2D eigenvalue weighted by atomic mass is 16.5. The SMILES string of the molecule is COc1cccc(CN(Cc2cccc(N3CCCC3)c2)c2ccccn2)c1. The number of pyridine rings is 1. The lowest BCUT2D eigenvalue weighted by Crippen LogP contribution is -2.23. The van der Waals surface area contributed by atoms with Crippen LogP contribution in [0.5, 0.6) is 5.75 Å². The van der Waals surface area contributed by atoms with Gasteiger partial charge in [0.2, 0.25) is 0 Å². The van der Waals surface area contributed by atoms with Gasteiger partial charge >= 0.3 is 0 Å². The Morgan fingerprint density at radius 3 is 2.36 bits per heavy atom. The zero-order valence-corrected chi connectivity index (χ0v) is 16.4. The summed E-state index contributed by atoms with van der Waals surface area (Å²) in [6.45, 7) is 3.92. The minimum atomic E-state index is 0.780. The number of nitrogens with zero attached hydrogens (tertiary/aromatic N) is 3. The molecule has 4 heteroatoms. The molecule has 28 heavy (non-hydrogen) atoms. The molecule has 2 aromatic carbocycles. The highest BCUT2D eigenvalue weighted by Gasteiger charge is 2.14. The lowest BCUT2D eigenvalue weighted by Gasteiger charge is -2.25. The van der Waals surface area contributed by atoms with Crippen LogP contribution in [0.4, 0.5) is 11.5 Å². The fourth-order valence-corrected chi connectivity index (χ4v) is 3.80. The number of aromatic nitrogens is 1. The number of anilines is 2. The van der Waals surface area contributed by atoms with Gasteiger partial charge in [-0.2, -0.15) is 0 Å². The lowest BCUT2D eigenvalue weighted by atomic mass is 10.1. The largest absolute Gasteiger partial charge is 0.497 e. The van der Waals surface area contributed by atoms with Crippen molar-refractivity contribution in [3.8, 4) is 5.75 Å². The zero-order valence-electron chi connectivity index (χ0n) is 16.4. The predicted octanol–water partition coefficient (Wildman–Crippen LogP) is 4.90. The van der Waals surface area contributed by atoms with Crippen molar-refractivity contribution in [3.05, 3.63) is 84.1 Å². The summed E-state index contributed by atoms with van der Waals surface area (Å²) in [5.41, 5.74) is 3.84. The third kappa shape index (κ3) is 4.45. The molecule has 0 N–H and O–H groups in total. The van der Waals surface area contributed by atoms with Crippen LogP contribution in [-0.2, 0) is 13.1 Å². The van der Waals surface area contributed by atoms with E-state index in [1.54, 1.807) is 7.11 Å². The van der Waals surface area contributed by atoms with Gasteiger partial charge in [0.15, 0.2) is 0 Å². The second-order valence-corrected chi connectivity index (χ2v) is 7.26. The van der Waals surface area contributed by atoms with Gasteiger partial charge in [-0.15, -0.1) is 0 Å². The van der Waals surface area contributed by atoms with Crippen LogP contribution < -0.4 is 14.5 Å². The summed E-state index contributed by atoms with van der Waals surface area (Å²) in [4.78, 5) is 9.40. The molecule has 4 rings (SSSR count). The maximum absolute atomic E-state index is 5.39. The molecular weight excluding hydrogens is 346 g/mol. The second kappa shape index (κ2) is 8.79. The Balaban J connectivity index is 1.58. The molecule has 3 aromatic rings. The fraction of sp³-hybridized carbons (Fsp3) is 0.292. The van der Waals surface area contributed by atoms with E-state index in [2.05, 4.69) is 57.2 Å². The van der Waals surface area contributed by atoms with Crippen molar-refractivity contribution in [1.82, 2.24) is 4.98 Å². The Labute approximate surface area is 167 Å². The number of methoxy groups -OCH3 is 1. The van der Waals surface area contributed by atoms with Gasteiger partial charge in [-0.25, -0.2) is 4.98 Å². The molecule has 0 atom stereocenters. The van der Waals surface area contributed by atoms with Gasteiger partial charge in [-0.3, -0.25) is 0 Å². The minimum absolute atomic E-state index is 0.780. The molecule has 2 heterocycles. The maximum Gasteiger partial charge on any atom is 0.129 e. The van der Waals surface area contributed by atoms with Crippen LogP contribution in [0.3, 0.4) is 0 Å². The number of ether oxygens (including phenoxy) is 1. The highest BCUT2D eigenvalue weighted by Crippen LogP contribution is 2.24. The Kier molecular flexibility index (Phi) is 5.76. The summed E-state index contributed by atoms with van der Waals surface area (Å²) in [7, 11) is 1.71. The van der Waals surface area contributed by atoms with Crippen molar-refractivity contribution in [2.75, 3.05) is 30.0 Å². The van der Waals surface area contributed by atoms with Gasteiger partial charge in [0.25, 0.3) is 0 Å². The van der Waals surface area contributed by atoms with Crippen molar-refractivity contribution in [1.29, 1.82) is 0 Å². The molecule has 1 fully saturated rings. The van der Waals surface area contributed by atoms with Gasteiger partial charge in [0.05, 0.1) is 7.11 Å². The summed E-state index contributed by atoms with van der Waals surface area (Å²) >= 11 is 0. The highest BCUT2D eigenvalue weighted by molar-refractivity contribution is 5.50. The molecule has 0 aliphatic carbocycles. The second-order valence-electron chi connectivity index (χ2n) is 7.26. The van der Waals surface area contributed by atoms with E-state index < -0.39 is 0 Å². The molecule has 1 aromatic heterocycles. The van der Waals surface area contributed by atoms with Crippen LogP contribution in [0.2, 0.25) is 0 Å². The molecule has 4 nitrogen and oxygen atoms in total. The van der Waals surface area contributed by atoms with Gasteiger partial charge in [-0.05, 0) is 60.4 Å². The topological polar surface area (TPSA) is 28.6 Å². The average molecular weight is 374 g/mol. The van der Waals surface area contributed by atoms with E-state index in [4.69, 9.17) is 4.74 Å². The van der Waals surface area contributed by atoms with E-state index in [0.29, 0.717) is 0 Å². The molecule has 0 radical (unpaired) electrons. The molecule has 0 saturated carbocycles. The van der Waals surface area contributed by atoms with E-state index in [1.807, 2.05) is 30.5 Å². The van der Waals surface area contributed by atoms with Crippen molar-refractivity contribution < 1.29 is 4.74 Å². The zero-order chi connectivity index (χ0) is 19.2. The van der Waals surface area contributed by atoms with Gasteiger partial charge in [0, 0.05) is 38.1 Å². The van der Waals surface area contributed by atoms with Crippen LogP contribution in [0, 0.1) is 0 Å². The third-order valence-electron chi connectivity index (χ3n) is 5.24. The molecule has 0 amide bonds.